The lowest BCUT2D eigenvalue weighted by molar-refractivity contribution is 0.122. The van der Waals surface area contributed by atoms with E-state index in [2.05, 4.69) is 65.0 Å². The molecule has 5 heteroatoms. The quantitative estimate of drug-likeness (QED) is 0.592. The van der Waals surface area contributed by atoms with E-state index in [4.69, 9.17) is 9.72 Å². The van der Waals surface area contributed by atoms with Crippen molar-refractivity contribution in [3.63, 3.8) is 0 Å². The van der Waals surface area contributed by atoms with Gasteiger partial charge in [0.1, 0.15) is 5.82 Å². The van der Waals surface area contributed by atoms with Gasteiger partial charge in [0.25, 0.3) is 0 Å². The van der Waals surface area contributed by atoms with Crippen LogP contribution >= 0.6 is 11.8 Å². The Hall–Kier alpha value is -2.08. The summed E-state index contributed by atoms with van der Waals surface area (Å²) in [4.78, 5) is 8.78. The topological polar surface area (TPSA) is 37.4 Å². The zero-order valence-electron chi connectivity index (χ0n) is 17.6. The fraction of sp³-hybridized carbons (Fsp3) is 0.400. The molecule has 1 atom stereocenters. The Kier molecular flexibility index (Phi) is 5.93. The van der Waals surface area contributed by atoms with E-state index in [1.165, 1.54) is 46.2 Å². The lowest BCUT2D eigenvalue weighted by Crippen LogP contribution is -2.38. The minimum Gasteiger partial charge on any atom is -0.378 e. The largest absolute Gasteiger partial charge is 0.378 e. The molecule has 3 aromatic rings. The molecule has 2 aromatic carbocycles. The minimum atomic E-state index is 0.419. The third-order valence-corrected chi connectivity index (χ3v) is 7.03. The number of nitrogens with zero attached hydrogens (tertiary/aromatic N) is 2. The van der Waals surface area contributed by atoms with Gasteiger partial charge in [-0.3, -0.25) is 0 Å². The number of rotatable bonds is 5. The summed E-state index contributed by atoms with van der Waals surface area (Å²) in [5.74, 6) is 1.11. The van der Waals surface area contributed by atoms with Gasteiger partial charge in [-0.2, -0.15) is 0 Å². The number of benzene rings is 2. The van der Waals surface area contributed by atoms with E-state index < -0.39 is 0 Å². The zero-order valence-corrected chi connectivity index (χ0v) is 18.4. The Balaban J connectivity index is 1.46. The summed E-state index contributed by atoms with van der Waals surface area (Å²) in [5.41, 5.74) is 5.32. The van der Waals surface area contributed by atoms with Crippen molar-refractivity contribution in [1.29, 1.82) is 0 Å². The van der Waals surface area contributed by atoms with Crippen LogP contribution in [0.1, 0.15) is 35.6 Å². The van der Waals surface area contributed by atoms with E-state index in [1.54, 1.807) is 11.8 Å². The molecule has 30 heavy (non-hydrogen) atoms. The zero-order chi connectivity index (χ0) is 20.3. The molecule has 0 radical (unpaired) electrons. The normalized spacial score (nSPS) is 19.1. The Labute approximate surface area is 183 Å². The van der Waals surface area contributed by atoms with Crippen LogP contribution in [0.3, 0.4) is 0 Å². The lowest BCUT2D eigenvalue weighted by Gasteiger charge is -2.31. The molecule has 1 aliphatic carbocycles. The molecule has 156 valence electrons. The van der Waals surface area contributed by atoms with E-state index >= 15 is 0 Å². The Morgan fingerprint density at radius 3 is 2.87 bits per heavy atom. The second kappa shape index (κ2) is 8.96. The maximum absolute atomic E-state index is 5.59. The summed E-state index contributed by atoms with van der Waals surface area (Å²) in [6.45, 7) is 4.18. The van der Waals surface area contributed by atoms with Gasteiger partial charge < -0.3 is 15.0 Å². The second-order valence-corrected chi connectivity index (χ2v) is 9.03. The van der Waals surface area contributed by atoms with Crippen molar-refractivity contribution in [2.24, 2.45) is 0 Å². The number of fused-ring (bicyclic) bond motifs is 2. The third-order valence-electron chi connectivity index (χ3n) is 6.30. The molecule has 1 saturated heterocycles. The maximum Gasteiger partial charge on any atom is 0.133 e. The van der Waals surface area contributed by atoms with Crippen molar-refractivity contribution < 1.29 is 4.74 Å². The van der Waals surface area contributed by atoms with E-state index in [0.717, 1.165) is 44.2 Å². The first-order chi connectivity index (χ1) is 14.8. The van der Waals surface area contributed by atoms with Crippen LogP contribution in [-0.4, -0.2) is 37.5 Å². The van der Waals surface area contributed by atoms with Gasteiger partial charge in [0.15, 0.2) is 0 Å². The Morgan fingerprint density at radius 1 is 1.13 bits per heavy atom. The summed E-state index contributed by atoms with van der Waals surface area (Å²) in [6.07, 6.45) is 5.76. The molecule has 0 saturated carbocycles. The molecular formula is C25H29N3OS. The smallest absolute Gasteiger partial charge is 0.133 e. The number of aromatic nitrogens is 1. The van der Waals surface area contributed by atoms with Crippen molar-refractivity contribution in [2.45, 2.75) is 36.7 Å². The van der Waals surface area contributed by atoms with Crippen LogP contribution in [0, 0.1) is 0 Å². The van der Waals surface area contributed by atoms with Gasteiger partial charge in [0, 0.05) is 41.5 Å². The molecule has 0 amide bonds. The van der Waals surface area contributed by atoms with E-state index in [-0.39, 0.29) is 0 Å². The number of nitrogens with one attached hydrogen (secondary N) is 1. The number of hydrogen-bond donors (Lipinski definition) is 1. The van der Waals surface area contributed by atoms with Crippen LogP contribution in [0.4, 0.5) is 5.82 Å². The summed E-state index contributed by atoms with van der Waals surface area (Å²) >= 11 is 1.77. The molecule has 2 aliphatic rings. The van der Waals surface area contributed by atoms with Gasteiger partial charge in [0.05, 0.1) is 18.7 Å². The predicted octanol–water partition coefficient (Wildman–Crippen LogP) is 4.96. The van der Waals surface area contributed by atoms with Crippen molar-refractivity contribution in [1.82, 2.24) is 10.3 Å². The van der Waals surface area contributed by atoms with Crippen molar-refractivity contribution in [2.75, 3.05) is 37.5 Å². The monoisotopic (exact) mass is 419 g/mol. The Bertz CT molecular complexity index is 1030. The highest BCUT2D eigenvalue weighted by Crippen LogP contribution is 2.31. The van der Waals surface area contributed by atoms with Crippen LogP contribution in [0.15, 0.2) is 53.4 Å². The molecule has 5 rings (SSSR count). The molecule has 1 fully saturated rings. The standard InChI is InChI=1S/C25H29N3OS/c1-30-21-10-9-19-15-20(25(27-24(19)16-21)28-11-13-29-14-12-28)17-26-23-8-4-6-18-5-2-3-7-22(18)23/h2-3,5,7,9-10,15-16,23,26H,4,6,8,11-14,17H2,1H3. The van der Waals surface area contributed by atoms with Gasteiger partial charge in [0.2, 0.25) is 0 Å². The van der Waals surface area contributed by atoms with E-state index in [1.807, 2.05) is 0 Å². The van der Waals surface area contributed by atoms with Crippen LogP contribution in [0.5, 0.6) is 0 Å². The first kappa shape index (κ1) is 19.9. The molecule has 2 heterocycles. The predicted molar refractivity (Wildman–Crippen MR) is 126 cm³/mol. The third kappa shape index (κ3) is 4.07. The number of morpholine rings is 1. The molecule has 4 nitrogen and oxygen atoms in total. The maximum atomic E-state index is 5.59. The Morgan fingerprint density at radius 2 is 2.00 bits per heavy atom. The van der Waals surface area contributed by atoms with E-state index in [9.17, 15) is 0 Å². The molecule has 0 bridgehead atoms. The number of pyridine rings is 1. The average Bonchev–Trinajstić information content (AvgIpc) is 2.82. The lowest BCUT2D eigenvalue weighted by atomic mass is 9.87. The number of aryl methyl sites for hydroxylation is 1. The van der Waals surface area contributed by atoms with Crippen molar-refractivity contribution >= 4 is 28.5 Å². The SMILES string of the molecule is CSc1ccc2cc(CNC3CCCc4ccccc43)c(N3CCOCC3)nc2c1. The number of ether oxygens (including phenoxy) is 1. The fourth-order valence-electron chi connectivity index (χ4n) is 4.69. The number of anilines is 1. The minimum absolute atomic E-state index is 0.419. The van der Waals surface area contributed by atoms with Gasteiger partial charge in [-0.25, -0.2) is 4.98 Å². The summed E-state index contributed by atoms with van der Waals surface area (Å²) in [6, 6.07) is 18.3. The van der Waals surface area contributed by atoms with Gasteiger partial charge >= 0.3 is 0 Å². The number of thioether (sulfide) groups is 1. The highest BCUT2D eigenvalue weighted by atomic mass is 32.2. The van der Waals surface area contributed by atoms with Gasteiger partial charge in [-0.15, -0.1) is 11.8 Å². The molecular weight excluding hydrogens is 390 g/mol. The molecule has 1 unspecified atom stereocenters. The molecule has 1 aliphatic heterocycles. The van der Waals surface area contributed by atoms with Crippen molar-refractivity contribution in [3.8, 4) is 0 Å². The molecule has 1 aromatic heterocycles. The van der Waals surface area contributed by atoms with Gasteiger partial charge in [-0.1, -0.05) is 30.3 Å². The fourth-order valence-corrected chi connectivity index (χ4v) is 5.12. The van der Waals surface area contributed by atoms with Crippen LogP contribution in [-0.2, 0) is 17.7 Å². The van der Waals surface area contributed by atoms with Crippen LogP contribution in [0.25, 0.3) is 10.9 Å². The molecule has 1 N–H and O–H groups in total. The highest BCUT2D eigenvalue weighted by Gasteiger charge is 2.22. The van der Waals surface area contributed by atoms with Crippen LogP contribution < -0.4 is 10.2 Å². The van der Waals surface area contributed by atoms with E-state index in [0.29, 0.717) is 6.04 Å². The number of hydrogen-bond acceptors (Lipinski definition) is 5. The highest BCUT2D eigenvalue weighted by molar-refractivity contribution is 7.98. The average molecular weight is 420 g/mol. The van der Waals surface area contributed by atoms with Crippen molar-refractivity contribution in [3.05, 3.63) is 65.2 Å². The first-order valence-corrected chi connectivity index (χ1v) is 12.2. The summed E-state index contributed by atoms with van der Waals surface area (Å²) < 4.78 is 5.59. The summed E-state index contributed by atoms with van der Waals surface area (Å²) in [5, 5.41) is 5.07. The summed E-state index contributed by atoms with van der Waals surface area (Å²) in [7, 11) is 0. The second-order valence-electron chi connectivity index (χ2n) is 8.15. The van der Waals surface area contributed by atoms with Crippen LogP contribution in [0.2, 0.25) is 0 Å². The van der Waals surface area contributed by atoms with Gasteiger partial charge in [-0.05, 0) is 54.8 Å². The first-order valence-electron chi connectivity index (χ1n) is 10.9. The molecule has 0 spiro atoms.